The van der Waals surface area contributed by atoms with Crippen molar-refractivity contribution in [1.82, 2.24) is 9.55 Å². The summed E-state index contributed by atoms with van der Waals surface area (Å²) in [7, 11) is 0. The molecule has 3 aromatic rings. The van der Waals surface area contributed by atoms with Crippen molar-refractivity contribution < 1.29 is 8.78 Å². The molecule has 1 heterocycles. The van der Waals surface area contributed by atoms with Gasteiger partial charge in [-0.1, -0.05) is 18.2 Å². The number of hydrogen-bond acceptors (Lipinski definition) is 2. The van der Waals surface area contributed by atoms with Gasteiger partial charge in [-0.25, -0.2) is 13.8 Å². The summed E-state index contributed by atoms with van der Waals surface area (Å²) in [5, 5.41) is 0. The molecule has 0 amide bonds. The normalized spacial score (nSPS) is 10.8. The summed E-state index contributed by atoms with van der Waals surface area (Å²) in [6, 6.07) is 11.5. The Kier molecular flexibility index (Phi) is 3.87. The van der Waals surface area contributed by atoms with Gasteiger partial charge in [-0.05, 0) is 35.4 Å². The molecule has 3 nitrogen and oxygen atoms in total. The van der Waals surface area contributed by atoms with Crippen LogP contribution in [0.4, 0.5) is 14.5 Å². The zero-order chi connectivity index (χ0) is 15.5. The number of benzene rings is 2. The summed E-state index contributed by atoms with van der Waals surface area (Å²) in [4.78, 5) is 4.33. The number of halogens is 2. The van der Waals surface area contributed by atoms with E-state index >= 15 is 0 Å². The van der Waals surface area contributed by atoms with E-state index in [1.165, 1.54) is 6.07 Å². The highest BCUT2D eigenvalue weighted by atomic mass is 19.2. The molecule has 22 heavy (non-hydrogen) atoms. The summed E-state index contributed by atoms with van der Waals surface area (Å²) < 4.78 is 28.2. The Morgan fingerprint density at radius 2 is 1.68 bits per heavy atom. The lowest BCUT2D eigenvalue weighted by Gasteiger charge is -2.09. The SMILES string of the molecule is Nc1ccc(Cc2nccn2Cc2ccc(F)c(F)c2)cc1. The lowest BCUT2D eigenvalue weighted by molar-refractivity contribution is 0.506. The number of rotatable bonds is 4. The molecule has 0 radical (unpaired) electrons. The molecule has 1 aromatic heterocycles. The fourth-order valence-electron chi connectivity index (χ4n) is 2.30. The van der Waals surface area contributed by atoms with Crippen LogP contribution < -0.4 is 5.73 Å². The van der Waals surface area contributed by atoms with E-state index in [9.17, 15) is 8.78 Å². The Morgan fingerprint density at radius 1 is 0.955 bits per heavy atom. The van der Waals surface area contributed by atoms with Gasteiger partial charge in [0.2, 0.25) is 0 Å². The minimum Gasteiger partial charge on any atom is -0.399 e. The summed E-state index contributed by atoms with van der Waals surface area (Å²) >= 11 is 0. The lowest BCUT2D eigenvalue weighted by atomic mass is 10.1. The van der Waals surface area contributed by atoms with E-state index in [4.69, 9.17) is 5.73 Å². The maximum Gasteiger partial charge on any atom is 0.159 e. The van der Waals surface area contributed by atoms with Crippen LogP contribution in [0.5, 0.6) is 0 Å². The highest BCUT2D eigenvalue weighted by molar-refractivity contribution is 5.40. The van der Waals surface area contributed by atoms with Gasteiger partial charge in [0.15, 0.2) is 11.6 Å². The Hall–Kier alpha value is -2.69. The molecule has 2 N–H and O–H groups in total. The minimum atomic E-state index is -0.837. The van der Waals surface area contributed by atoms with Gasteiger partial charge in [0, 0.05) is 31.0 Å². The van der Waals surface area contributed by atoms with Gasteiger partial charge in [-0.3, -0.25) is 0 Å². The third-order valence-corrected chi connectivity index (χ3v) is 3.48. The molecule has 0 aliphatic carbocycles. The average molecular weight is 299 g/mol. The zero-order valence-electron chi connectivity index (χ0n) is 11.8. The Balaban J connectivity index is 1.79. The monoisotopic (exact) mass is 299 g/mol. The van der Waals surface area contributed by atoms with E-state index in [1.807, 2.05) is 35.0 Å². The number of imidazole rings is 1. The van der Waals surface area contributed by atoms with Crippen molar-refractivity contribution in [1.29, 1.82) is 0 Å². The lowest BCUT2D eigenvalue weighted by Crippen LogP contribution is -2.06. The molecule has 112 valence electrons. The van der Waals surface area contributed by atoms with Crippen molar-refractivity contribution in [3.05, 3.63) is 83.4 Å². The van der Waals surface area contributed by atoms with Crippen molar-refractivity contribution >= 4 is 5.69 Å². The van der Waals surface area contributed by atoms with Gasteiger partial charge in [-0.15, -0.1) is 0 Å². The van der Waals surface area contributed by atoms with Crippen LogP contribution in [-0.2, 0) is 13.0 Å². The van der Waals surface area contributed by atoms with Crippen LogP contribution in [0.25, 0.3) is 0 Å². The van der Waals surface area contributed by atoms with Gasteiger partial charge in [0.05, 0.1) is 0 Å². The van der Waals surface area contributed by atoms with Crippen LogP contribution >= 0.6 is 0 Å². The van der Waals surface area contributed by atoms with Crippen molar-refractivity contribution in [3.8, 4) is 0 Å². The van der Waals surface area contributed by atoms with E-state index < -0.39 is 11.6 Å². The van der Waals surface area contributed by atoms with Gasteiger partial charge in [0.25, 0.3) is 0 Å². The third-order valence-electron chi connectivity index (χ3n) is 3.48. The molecule has 0 unspecified atom stereocenters. The first-order valence-electron chi connectivity index (χ1n) is 6.90. The topological polar surface area (TPSA) is 43.8 Å². The first kappa shape index (κ1) is 14.3. The van der Waals surface area contributed by atoms with E-state index in [-0.39, 0.29) is 0 Å². The van der Waals surface area contributed by atoms with E-state index in [0.29, 0.717) is 24.2 Å². The molecule has 0 aliphatic rings. The van der Waals surface area contributed by atoms with Crippen molar-refractivity contribution in [2.45, 2.75) is 13.0 Å². The molecular weight excluding hydrogens is 284 g/mol. The van der Waals surface area contributed by atoms with Gasteiger partial charge >= 0.3 is 0 Å². The van der Waals surface area contributed by atoms with Crippen LogP contribution in [-0.4, -0.2) is 9.55 Å². The first-order valence-corrected chi connectivity index (χ1v) is 6.90. The minimum absolute atomic E-state index is 0.446. The largest absolute Gasteiger partial charge is 0.399 e. The second-order valence-electron chi connectivity index (χ2n) is 5.14. The second-order valence-corrected chi connectivity index (χ2v) is 5.14. The maximum absolute atomic E-state index is 13.3. The van der Waals surface area contributed by atoms with E-state index in [0.717, 1.165) is 17.5 Å². The average Bonchev–Trinajstić information content (AvgIpc) is 2.92. The van der Waals surface area contributed by atoms with Crippen molar-refractivity contribution in [3.63, 3.8) is 0 Å². The van der Waals surface area contributed by atoms with Gasteiger partial charge in [0.1, 0.15) is 5.82 Å². The molecule has 0 spiro atoms. The summed E-state index contributed by atoms with van der Waals surface area (Å²) in [5.74, 6) is -0.816. The number of nitrogen functional groups attached to an aromatic ring is 1. The number of aromatic nitrogens is 2. The van der Waals surface area contributed by atoms with Crippen molar-refractivity contribution in [2.24, 2.45) is 0 Å². The molecule has 0 aliphatic heterocycles. The second kappa shape index (κ2) is 5.97. The Morgan fingerprint density at radius 3 is 2.41 bits per heavy atom. The maximum atomic E-state index is 13.3. The van der Waals surface area contributed by atoms with Gasteiger partial charge in [-0.2, -0.15) is 0 Å². The molecule has 0 saturated heterocycles. The fraction of sp³-hybridized carbons (Fsp3) is 0.118. The molecule has 0 saturated carbocycles. The molecule has 5 heteroatoms. The fourth-order valence-corrected chi connectivity index (χ4v) is 2.30. The number of hydrogen-bond donors (Lipinski definition) is 1. The quantitative estimate of drug-likeness (QED) is 0.751. The number of anilines is 1. The molecule has 0 bridgehead atoms. The predicted molar refractivity (Wildman–Crippen MR) is 81.3 cm³/mol. The molecule has 2 aromatic carbocycles. The smallest absolute Gasteiger partial charge is 0.159 e. The first-order chi connectivity index (χ1) is 10.6. The molecule has 3 rings (SSSR count). The summed E-state index contributed by atoms with van der Waals surface area (Å²) in [6.45, 7) is 0.446. The third kappa shape index (κ3) is 3.14. The zero-order valence-corrected chi connectivity index (χ0v) is 11.8. The predicted octanol–water partition coefficient (Wildman–Crippen LogP) is 3.38. The van der Waals surface area contributed by atoms with Crippen molar-refractivity contribution in [2.75, 3.05) is 5.73 Å². The number of nitrogens with two attached hydrogens (primary N) is 1. The summed E-state index contributed by atoms with van der Waals surface area (Å²) in [5.41, 5.74) is 8.17. The molecule has 0 fully saturated rings. The van der Waals surface area contributed by atoms with Crippen LogP contribution in [0, 0.1) is 11.6 Å². The highest BCUT2D eigenvalue weighted by Crippen LogP contribution is 2.14. The summed E-state index contributed by atoms with van der Waals surface area (Å²) in [6.07, 6.45) is 4.18. The van der Waals surface area contributed by atoms with Gasteiger partial charge < -0.3 is 10.3 Å². The molecule has 0 atom stereocenters. The van der Waals surface area contributed by atoms with Crippen LogP contribution in [0.3, 0.4) is 0 Å². The standard InChI is InChI=1S/C17H15F2N3/c18-15-6-3-13(9-16(15)19)11-22-8-7-21-17(22)10-12-1-4-14(20)5-2-12/h1-9H,10-11,20H2. The Labute approximate surface area is 127 Å². The van der Waals surface area contributed by atoms with E-state index in [2.05, 4.69) is 4.98 Å². The van der Waals surface area contributed by atoms with Crippen LogP contribution in [0.1, 0.15) is 17.0 Å². The van der Waals surface area contributed by atoms with Crippen LogP contribution in [0.2, 0.25) is 0 Å². The highest BCUT2D eigenvalue weighted by Gasteiger charge is 2.07. The van der Waals surface area contributed by atoms with E-state index in [1.54, 1.807) is 12.3 Å². The molecular formula is C17H15F2N3. The van der Waals surface area contributed by atoms with Crippen LogP contribution in [0.15, 0.2) is 54.9 Å². The Bertz CT molecular complexity index is 779. The number of nitrogens with zero attached hydrogens (tertiary/aromatic N) is 2.